The molecular formula is C19H16O5. The zero-order valence-electron chi connectivity index (χ0n) is 13.3. The minimum Gasteiger partial charge on any atom is -0.504 e. The second-order valence-corrected chi connectivity index (χ2v) is 5.11. The first-order valence-electron chi connectivity index (χ1n) is 7.27. The van der Waals surface area contributed by atoms with Gasteiger partial charge in [-0.05, 0) is 48.5 Å². The van der Waals surface area contributed by atoms with Gasteiger partial charge in [0.1, 0.15) is 11.5 Å². The molecule has 0 saturated carbocycles. The molecule has 0 radical (unpaired) electrons. The lowest BCUT2D eigenvalue weighted by Crippen LogP contribution is -2.04. The molecule has 0 aliphatic carbocycles. The molecule has 1 N–H and O–H groups in total. The lowest BCUT2D eigenvalue weighted by molar-refractivity contribution is 0.103. The summed E-state index contributed by atoms with van der Waals surface area (Å²) in [7, 11) is 2.94. The molecule has 2 aromatic carbocycles. The van der Waals surface area contributed by atoms with Crippen molar-refractivity contribution in [2.75, 3.05) is 14.2 Å². The highest BCUT2D eigenvalue weighted by Crippen LogP contribution is 2.31. The topological polar surface area (TPSA) is 68.9 Å². The van der Waals surface area contributed by atoms with Crippen molar-refractivity contribution in [3.05, 3.63) is 65.9 Å². The first kappa shape index (κ1) is 15.7. The van der Waals surface area contributed by atoms with Gasteiger partial charge >= 0.3 is 0 Å². The molecule has 0 bridgehead atoms. The summed E-state index contributed by atoms with van der Waals surface area (Å²) in [4.78, 5) is 12.9. The molecule has 0 fully saturated rings. The van der Waals surface area contributed by atoms with Crippen LogP contribution < -0.4 is 9.47 Å². The number of hydrogen-bond acceptors (Lipinski definition) is 5. The Morgan fingerprint density at radius 3 is 2.46 bits per heavy atom. The third-order valence-corrected chi connectivity index (χ3v) is 3.69. The van der Waals surface area contributed by atoms with Crippen LogP contribution in [0, 0.1) is 0 Å². The summed E-state index contributed by atoms with van der Waals surface area (Å²) < 4.78 is 15.8. The number of rotatable bonds is 5. The van der Waals surface area contributed by atoms with E-state index in [1.807, 2.05) is 12.1 Å². The molecule has 3 aromatic rings. The molecule has 0 aliphatic heterocycles. The van der Waals surface area contributed by atoms with Gasteiger partial charge in [0.05, 0.1) is 26.0 Å². The first-order chi connectivity index (χ1) is 11.6. The molecule has 0 amide bonds. The summed E-state index contributed by atoms with van der Waals surface area (Å²) in [5, 5.41) is 9.68. The number of ether oxygens (including phenoxy) is 2. The van der Waals surface area contributed by atoms with Gasteiger partial charge in [0, 0.05) is 11.1 Å². The van der Waals surface area contributed by atoms with Gasteiger partial charge in [-0.15, -0.1) is 0 Å². The number of hydrogen-bond donors (Lipinski definition) is 1. The molecule has 0 unspecified atom stereocenters. The Bertz CT molecular complexity index is 865. The van der Waals surface area contributed by atoms with E-state index in [2.05, 4.69) is 0 Å². The Morgan fingerprint density at radius 1 is 1.00 bits per heavy atom. The van der Waals surface area contributed by atoms with Crippen molar-refractivity contribution in [2.24, 2.45) is 0 Å². The molecule has 24 heavy (non-hydrogen) atoms. The van der Waals surface area contributed by atoms with Gasteiger partial charge in [-0.2, -0.15) is 0 Å². The second-order valence-electron chi connectivity index (χ2n) is 5.11. The Kier molecular flexibility index (Phi) is 4.24. The lowest BCUT2D eigenvalue weighted by Gasteiger charge is -2.11. The Labute approximate surface area is 139 Å². The number of phenolic OH excluding ortho intramolecular Hbond substituents is 1. The third kappa shape index (κ3) is 2.84. The van der Waals surface area contributed by atoms with Crippen LogP contribution in [0.5, 0.6) is 17.2 Å². The molecule has 0 spiro atoms. The molecule has 1 aromatic heterocycles. The summed E-state index contributed by atoms with van der Waals surface area (Å²) in [5.74, 6) is 1.10. The average Bonchev–Trinajstić information content (AvgIpc) is 3.15. The number of benzene rings is 2. The van der Waals surface area contributed by atoms with Gasteiger partial charge in [-0.1, -0.05) is 0 Å². The van der Waals surface area contributed by atoms with Crippen molar-refractivity contribution in [1.29, 1.82) is 0 Å². The SMILES string of the molecule is COc1cc(C(=O)c2cc(-c3ccco3)ccc2OC)ccc1O. The predicted molar refractivity (Wildman–Crippen MR) is 88.8 cm³/mol. The van der Waals surface area contributed by atoms with E-state index in [0.29, 0.717) is 22.6 Å². The number of phenols is 1. The molecule has 122 valence electrons. The fourth-order valence-corrected chi connectivity index (χ4v) is 2.46. The number of aromatic hydroxyl groups is 1. The van der Waals surface area contributed by atoms with Gasteiger partial charge in [-0.25, -0.2) is 0 Å². The molecular weight excluding hydrogens is 308 g/mol. The Morgan fingerprint density at radius 2 is 1.79 bits per heavy atom. The van der Waals surface area contributed by atoms with Crippen LogP contribution in [0.15, 0.2) is 59.2 Å². The second kappa shape index (κ2) is 6.50. The van der Waals surface area contributed by atoms with E-state index in [0.717, 1.165) is 5.56 Å². The number of methoxy groups -OCH3 is 2. The quantitative estimate of drug-likeness (QED) is 0.721. The fourth-order valence-electron chi connectivity index (χ4n) is 2.46. The van der Waals surface area contributed by atoms with E-state index >= 15 is 0 Å². The lowest BCUT2D eigenvalue weighted by atomic mass is 9.99. The normalized spacial score (nSPS) is 10.4. The van der Waals surface area contributed by atoms with Crippen molar-refractivity contribution in [2.45, 2.75) is 0 Å². The van der Waals surface area contributed by atoms with Gasteiger partial charge in [0.15, 0.2) is 17.3 Å². The van der Waals surface area contributed by atoms with Crippen LogP contribution in [0.2, 0.25) is 0 Å². The third-order valence-electron chi connectivity index (χ3n) is 3.69. The summed E-state index contributed by atoms with van der Waals surface area (Å²) in [5.41, 5.74) is 1.56. The number of carbonyl (C=O) groups is 1. The van der Waals surface area contributed by atoms with Crippen molar-refractivity contribution in [3.63, 3.8) is 0 Å². The number of ketones is 1. The molecule has 5 heteroatoms. The van der Waals surface area contributed by atoms with Gasteiger partial charge in [0.2, 0.25) is 0 Å². The van der Waals surface area contributed by atoms with Crippen LogP contribution in [0.4, 0.5) is 0 Å². The van der Waals surface area contributed by atoms with Crippen LogP contribution >= 0.6 is 0 Å². The summed E-state index contributed by atoms with van der Waals surface area (Å²) in [6.45, 7) is 0. The van der Waals surface area contributed by atoms with E-state index in [9.17, 15) is 9.90 Å². The summed E-state index contributed by atoms with van der Waals surface area (Å²) in [6, 6.07) is 13.3. The maximum Gasteiger partial charge on any atom is 0.196 e. The standard InChI is InChI=1S/C19H16O5/c1-22-17-8-6-12(16-4-3-9-24-16)10-14(17)19(21)13-5-7-15(20)18(11-13)23-2/h3-11,20H,1-2H3. The molecule has 0 atom stereocenters. The van der Waals surface area contributed by atoms with E-state index in [1.165, 1.54) is 26.4 Å². The van der Waals surface area contributed by atoms with E-state index < -0.39 is 0 Å². The van der Waals surface area contributed by atoms with Crippen LogP contribution in [-0.4, -0.2) is 25.1 Å². The number of furan rings is 1. The summed E-state index contributed by atoms with van der Waals surface area (Å²) in [6.07, 6.45) is 1.58. The minimum absolute atomic E-state index is 0.0228. The van der Waals surface area contributed by atoms with Crippen LogP contribution in [0.1, 0.15) is 15.9 Å². The van der Waals surface area contributed by atoms with Crippen molar-refractivity contribution in [1.82, 2.24) is 0 Å². The first-order valence-corrected chi connectivity index (χ1v) is 7.27. The van der Waals surface area contributed by atoms with Crippen molar-refractivity contribution < 1.29 is 23.8 Å². The predicted octanol–water partition coefficient (Wildman–Crippen LogP) is 3.90. The van der Waals surface area contributed by atoms with E-state index in [1.54, 1.807) is 30.5 Å². The average molecular weight is 324 g/mol. The van der Waals surface area contributed by atoms with Crippen molar-refractivity contribution in [3.8, 4) is 28.6 Å². The summed E-state index contributed by atoms with van der Waals surface area (Å²) >= 11 is 0. The maximum absolute atomic E-state index is 12.9. The van der Waals surface area contributed by atoms with Crippen LogP contribution in [0.3, 0.4) is 0 Å². The van der Waals surface area contributed by atoms with Gasteiger partial charge in [-0.3, -0.25) is 4.79 Å². The zero-order valence-corrected chi connectivity index (χ0v) is 13.3. The molecule has 0 aliphatic rings. The van der Waals surface area contributed by atoms with Crippen LogP contribution in [-0.2, 0) is 0 Å². The van der Waals surface area contributed by atoms with Gasteiger partial charge in [0.25, 0.3) is 0 Å². The largest absolute Gasteiger partial charge is 0.504 e. The monoisotopic (exact) mass is 324 g/mol. The maximum atomic E-state index is 12.9. The Balaban J connectivity index is 2.07. The van der Waals surface area contributed by atoms with E-state index in [-0.39, 0.29) is 17.3 Å². The van der Waals surface area contributed by atoms with Crippen molar-refractivity contribution >= 4 is 5.78 Å². The molecule has 5 nitrogen and oxygen atoms in total. The Hall–Kier alpha value is -3.21. The fraction of sp³-hybridized carbons (Fsp3) is 0.105. The van der Waals surface area contributed by atoms with Gasteiger partial charge < -0.3 is 19.0 Å². The molecule has 1 heterocycles. The zero-order chi connectivity index (χ0) is 17.1. The smallest absolute Gasteiger partial charge is 0.196 e. The highest BCUT2D eigenvalue weighted by atomic mass is 16.5. The number of carbonyl (C=O) groups excluding carboxylic acids is 1. The highest BCUT2D eigenvalue weighted by Gasteiger charge is 2.18. The minimum atomic E-state index is -0.237. The van der Waals surface area contributed by atoms with Crippen LogP contribution in [0.25, 0.3) is 11.3 Å². The molecule has 3 rings (SSSR count). The highest BCUT2D eigenvalue weighted by molar-refractivity contribution is 6.11. The van der Waals surface area contributed by atoms with E-state index in [4.69, 9.17) is 13.9 Å². The molecule has 0 saturated heterocycles.